The molecule has 3 amide bonds. The van der Waals surface area contributed by atoms with E-state index in [4.69, 9.17) is 4.74 Å². The number of thioether (sulfide) groups is 1. The van der Waals surface area contributed by atoms with E-state index in [1.165, 1.54) is 22.7 Å². The Hall–Kier alpha value is -3.59. The molecule has 0 radical (unpaired) electrons. The highest BCUT2D eigenvalue weighted by Crippen LogP contribution is 2.55. The number of urea groups is 1. The molecule has 0 aliphatic carbocycles. The van der Waals surface area contributed by atoms with Crippen LogP contribution in [-0.4, -0.2) is 36.2 Å². The number of halogens is 2. The highest BCUT2D eigenvalue weighted by Gasteiger charge is 2.59. The molecule has 2 aliphatic rings. The Balaban J connectivity index is 1.49. The van der Waals surface area contributed by atoms with Gasteiger partial charge in [0.1, 0.15) is 5.75 Å². The van der Waals surface area contributed by atoms with Crippen molar-refractivity contribution in [1.82, 2.24) is 10.2 Å². The van der Waals surface area contributed by atoms with Crippen molar-refractivity contribution in [2.75, 3.05) is 24.3 Å². The van der Waals surface area contributed by atoms with Gasteiger partial charge in [0.05, 0.1) is 19.3 Å². The molecule has 0 aromatic heterocycles. The van der Waals surface area contributed by atoms with Crippen LogP contribution in [0.5, 0.6) is 5.75 Å². The summed E-state index contributed by atoms with van der Waals surface area (Å²) in [5.74, 6) is -1.10. The van der Waals surface area contributed by atoms with Crippen LogP contribution in [0.3, 0.4) is 0 Å². The molecule has 1 spiro atoms. The number of carbonyl (C=O) groups excluding carboxylic acids is 2. The Kier molecular flexibility index (Phi) is 6.34. The predicted octanol–water partition coefficient (Wildman–Crippen LogP) is 4.94. The predicted molar refractivity (Wildman–Crippen MR) is 135 cm³/mol. The minimum Gasteiger partial charge on any atom is -0.497 e. The number of ether oxygens (including phenoxy) is 1. The Morgan fingerprint density at radius 3 is 2.67 bits per heavy atom. The smallest absolute Gasteiger partial charge is 0.319 e. The monoisotopic (exact) mass is 509 g/mol. The van der Waals surface area contributed by atoms with Crippen LogP contribution in [0.25, 0.3) is 0 Å². The number of amides is 3. The fourth-order valence-corrected chi connectivity index (χ4v) is 6.25. The second-order valence-corrected chi connectivity index (χ2v) is 10.1. The number of aryl methyl sites for hydroxylation is 1. The van der Waals surface area contributed by atoms with Crippen LogP contribution >= 0.6 is 11.8 Å². The lowest BCUT2D eigenvalue weighted by molar-refractivity contribution is -0.123. The maximum absolute atomic E-state index is 14.1. The molecule has 1 fully saturated rings. The van der Waals surface area contributed by atoms with E-state index >= 15 is 0 Å². The summed E-state index contributed by atoms with van der Waals surface area (Å²) >= 11 is 1.39. The van der Waals surface area contributed by atoms with Crippen molar-refractivity contribution in [3.05, 3.63) is 94.6 Å². The van der Waals surface area contributed by atoms with E-state index in [1.807, 2.05) is 31.2 Å². The Morgan fingerprint density at radius 2 is 1.92 bits per heavy atom. The van der Waals surface area contributed by atoms with Gasteiger partial charge in [0.25, 0.3) is 5.91 Å². The number of anilines is 1. The lowest BCUT2D eigenvalue weighted by Gasteiger charge is -2.33. The van der Waals surface area contributed by atoms with Crippen molar-refractivity contribution < 1.29 is 23.1 Å². The van der Waals surface area contributed by atoms with E-state index in [0.29, 0.717) is 41.4 Å². The first kappa shape index (κ1) is 24.1. The molecule has 3 aromatic rings. The van der Waals surface area contributed by atoms with Gasteiger partial charge in [0.2, 0.25) is 0 Å². The van der Waals surface area contributed by atoms with Crippen molar-refractivity contribution in [3.8, 4) is 5.75 Å². The van der Waals surface area contributed by atoms with E-state index in [9.17, 15) is 18.4 Å². The van der Waals surface area contributed by atoms with Crippen molar-refractivity contribution in [2.24, 2.45) is 0 Å². The average Bonchev–Trinajstić information content (AvgIpc) is 3.41. The van der Waals surface area contributed by atoms with Crippen molar-refractivity contribution in [3.63, 3.8) is 0 Å². The first-order valence-corrected chi connectivity index (χ1v) is 12.5. The molecule has 186 valence electrons. The second kappa shape index (κ2) is 9.46. The number of rotatable bonds is 5. The SMILES string of the molecule is COc1ccc2c(c1)[C@]1(SCCN1C(=O)NCc1cccc(C)c1)C(=O)N2Cc1ccc(F)c(F)c1. The van der Waals surface area contributed by atoms with Crippen molar-refractivity contribution in [2.45, 2.75) is 24.9 Å². The third-order valence-corrected chi connectivity index (χ3v) is 7.92. The van der Waals surface area contributed by atoms with Crippen LogP contribution in [0.2, 0.25) is 0 Å². The fraction of sp³-hybridized carbons (Fsp3) is 0.259. The molecular weight excluding hydrogens is 484 g/mol. The van der Waals surface area contributed by atoms with Gasteiger partial charge in [-0.15, -0.1) is 11.8 Å². The van der Waals surface area contributed by atoms with E-state index in [-0.39, 0.29) is 18.5 Å². The molecule has 1 atom stereocenters. The zero-order chi connectivity index (χ0) is 25.4. The van der Waals surface area contributed by atoms with Gasteiger partial charge in [-0.1, -0.05) is 35.9 Å². The van der Waals surface area contributed by atoms with Gasteiger partial charge in [-0.25, -0.2) is 13.6 Å². The molecule has 0 unspecified atom stereocenters. The number of nitrogens with one attached hydrogen (secondary N) is 1. The number of methoxy groups -OCH3 is 1. The summed E-state index contributed by atoms with van der Waals surface area (Å²) in [4.78, 5) is 29.3. The van der Waals surface area contributed by atoms with E-state index < -0.39 is 16.5 Å². The number of fused-ring (bicyclic) bond motifs is 2. The zero-order valence-electron chi connectivity index (χ0n) is 19.9. The van der Waals surface area contributed by atoms with Crippen molar-refractivity contribution in [1.29, 1.82) is 0 Å². The van der Waals surface area contributed by atoms with Crippen LogP contribution in [0.4, 0.5) is 19.3 Å². The molecule has 0 bridgehead atoms. The van der Waals surface area contributed by atoms with Crippen LogP contribution in [0.1, 0.15) is 22.3 Å². The highest BCUT2D eigenvalue weighted by atomic mass is 32.2. The summed E-state index contributed by atoms with van der Waals surface area (Å²) in [6.07, 6.45) is 0. The fourth-order valence-electron chi connectivity index (χ4n) is 4.79. The summed E-state index contributed by atoms with van der Waals surface area (Å²) < 4.78 is 32.8. The average molecular weight is 510 g/mol. The minimum absolute atomic E-state index is 0.0381. The van der Waals surface area contributed by atoms with Crippen molar-refractivity contribution >= 4 is 29.4 Å². The van der Waals surface area contributed by atoms with Crippen LogP contribution < -0.4 is 15.0 Å². The maximum atomic E-state index is 14.1. The minimum atomic E-state index is -1.28. The van der Waals surface area contributed by atoms with Gasteiger partial charge in [-0.2, -0.15) is 0 Å². The van der Waals surface area contributed by atoms with Gasteiger partial charge in [0, 0.05) is 24.4 Å². The first-order valence-electron chi connectivity index (χ1n) is 11.5. The topological polar surface area (TPSA) is 61.9 Å². The molecule has 5 rings (SSSR count). The number of carbonyl (C=O) groups is 2. The summed E-state index contributed by atoms with van der Waals surface area (Å²) in [5.41, 5.74) is 3.75. The van der Waals surface area contributed by atoms with E-state index in [1.54, 1.807) is 30.2 Å². The maximum Gasteiger partial charge on any atom is 0.319 e. The van der Waals surface area contributed by atoms with Crippen LogP contribution in [0, 0.1) is 18.6 Å². The van der Waals surface area contributed by atoms with E-state index in [2.05, 4.69) is 5.32 Å². The summed E-state index contributed by atoms with van der Waals surface area (Å²) in [6.45, 7) is 2.73. The molecule has 2 heterocycles. The highest BCUT2D eigenvalue weighted by molar-refractivity contribution is 8.01. The number of benzene rings is 3. The standard InChI is InChI=1S/C27H25F2N3O3S/c1-17-4-3-5-18(12-17)15-30-26(34)32-10-11-36-27(32)21-14-20(35-2)7-9-24(21)31(25(27)33)16-19-6-8-22(28)23(29)13-19/h3-9,12-14H,10-11,15-16H2,1-2H3,(H,30,34)/t27-/m0/s1. The van der Waals surface area contributed by atoms with Gasteiger partial charge < -0.3 is 15.0 Å². The van der Waals surface area contributed by atoms with Crippen LogP contribution in [-0.2, 0) is 22.8 Å². The lowest BCUT2D eigenvalue weighted by atomic mass is 10.1. The molecule has 0 saturated carbocycles. The molecule has 9 heteroatoms. The van der Waals surface area contributed by atoms with Gasteiger partial charge in [0.15, 0.2) is 16.5 Å². The zero-order valence-corrected chi connectivity index (χ0v) is 20.7. The number of nitrogens with zero attached hydrogens (tertiary/aromatic N) is 2. The molecule has 36 heavy (non-hydrogen) atoms. The molecular formula is C27H25F2N3O3S. The lowest BCUT2D eigenvalue weighted by Crippen LogP contribution is -2.53. The molecule has 1 saturated heterocycles. The van der Waals surface area contributed by atoms with Crippen LogP contribution in [0.15, 0.2) is 60.7 Å². The Bertz CT molecular complexity index is 1350. The normalized spacial score (nSPS) is 18.6. The first-order chi connectivity index (χ1) is 17.3. The second-order valence-electron chi connectivity index (χ2n) is 8.81. The van der Waals surface area contributed by atoms with E-state index in [0.717, 1.165) is 23.3 Å². The largest absolute Gasteiger partial charge is 0.497 e. The third-order valence-electron chi connectivity index (χ3n) is 6.50. The Labute approximate surface area is 212 Å². The summed E-state index contributed by atoms with van der Waals surface area (Å²) in [5, 5.41) is 2.96. The summed E-state index contributed by atoms with van der Waals surface area (Å²) in [7, 11) is 1.54. The van der Waals surface area contributed by atoms with Gasteiger partial charge in [-0.05, 0) is 48.4 Å². The molecule has 2 aliphatic heterocycles. The third kappa shape index (κ3) is 4.07. The summed E-state index contributed by atoms with van der Waals surface area (Å²) in [6, 6.07) is 16.4. The van der Waals surface area contributed by atoms with Gasteiger partial charge >= 0.3 is 6.03 Å². The number of hydrogen-bond donors (Lipinski definition) is 1. The number of hydrogen-bond acceptors (Lipinski definition) is 4. The molecule has 1 N–H and O–H groups in total. The molecule has 6 nitrogen and oxygen atoms in total. The quantitative estimate of drug-likeness (QED) is 0.529. The Morgan fingerprint density at radius 1 is 1.08 bits per heavy atom. The molecule has 3 aromatic carbocycles. The van der Waals surface area contributed by atoms with Gasteiger partial charge in [-0.3, -0.25) is 9.69 Å².